The number of hydrogen-bond acceptors (Lipinski definition) is 6. The molecule has 0 saturated heterocycles. The van der Waals surface area contributed by atoms with Crippen molar-refractivity contribution in [2.45, 2.75) is 69.5 Å². The molecule has 43 heavy (non-hydrogen) atoms. The average Bonchev–Trinajstić information content (AvgIpc) is 3.03. The molecule has 4 rings (SSSR count). The Morgan fingerprint density at radius 2 is 1.42 bits per heavy atom. The molecule has 2 amide bonds. The predicted octanol–water partition coefficient (Wildman–Crippen LogP) is 5.07. The maximum atomic E-state index is 14.1. The van der Waals surface area contributed by atoms with Gasteiger partial charge in [0.25, 0.3) is 10.0 Å². The quantitative estimate of drug-likeness (QED) is 0.308. The Balaban J connectivity index is 1.67. The van der Waals surface area contributed by atoms with E-state index in [1.807, 2.05) is 19.1 Å². The second-order valence-electron chi connectivity index (χ2n) is 10.9. The van der Waals surface area contributed by atoms with Gasteiger partial charge in [0.1, 0.15) is 24.1 Å². The van der Waals surface area contributed by atoms with Crippen molar-refractivity contribution in [2.24, 2.45) is 0 Å². The van der Waals surface area contributed by atoms with Gasteiger partial charge in [-0.2, -0.15) is 0 Å². The molecule has 230 valence electrons. The van der Waals surface area contributed by atoms with Crippen molar-refractivity contribution in [1.29, 1.82) is 0 Å². The van der Waals surface area contributed by atoms with E-state index in [9.17, 15) is 18.0 Å². The molecule has 1 fully saturated rings. The molecule has 1 aliphatic carbocycles. The Kier molecular flexibility index (Phi) is 10.7. The maximum Gasteiger partial charge on any atom is 0.264 e. The summed E-state index contributed by atoms with van der Waals surface area (Å²) in [5.74, 6) is 0.426. The number of hydrogen-bond donors (Lipinski definition) is 1. The van der Waals surface area contributed by atoms with Crippen LogP contribution in [0.5, 0.6) is 11.5 Å². The summed E-state index contributed by atoms with van der Waals surface area (Å²) in [6.07, 6.45) is 5.09. The third-order valence-electron chi connectivity index (χ3n) is 7.88. The maximum absolute atomic E-state index is 14.1. The predicted molar refractivity (Wildman–Crippen MR) is 167 cm³/mol. The van der Waals surface area contributed by atoms with Crippen molar-refractivity contribution in [3.8, 4) is 11.5 Å². The lowest BCUT2D eigenvalue weighted by Gasteiger charge is -2.33. The molecule has 0 bridgehead atoms. The van der Waals surface area contributed by atoms with E-state index in [0.717, 1.165) is 47.5 Å². The van der Waals surface area contributed by atoms with Gasteiger partial charge >= 0.3 is 0 Å². The molecule has 10 heteroatoms. The summed E-state index contributed by atoms with van der Waals surface area (Å²) in [6.45, 7) is 3.22. The van der Waals surface area contributed by atoms with E-state index in [1.165, 1.54) is 24.1 Å². The van der Waals surface area contributed by atoms with Gasteiger partial charge in [-0.15, -0.1) is 0 Å². The first kappa shape index (κ1) is 31.9. The molecule has 1 aliphatic rings. The topological polar surface area (TPSA) is 105 Å². The van der Waals surface area contributed by atoms with Crippen LogP contribution in [0, 0.1) is 6.92 Å². The molecule has 3 aromatic rings. The lowest BCUT2D eigenvalue weighted by molar-refractivity contribution is -0.139. The van der Waals surface area contributed by atoms with E-state index in [4.69, 9.17) is 9.47 Å². The van der Waals surface area contributed by atoms with Crippen LogP contribution in [-0.2, 0) is 26.2 Å². The average molecular weight is 608 g/mol. The standard InChI is InChI=1S/C33H41N3O6S/c1-24-10-14-28(15-11-24)36(43(39,40)31-20-18-30(42-4)19-21-31)23-32(37)35(22-26-12-16-29(41-3)17-13-26)25(2)33(38)34-27-8-6-5-7-9-27/h10-21,25,27H,5-9,22-23H2,1-4H3,(H,34,38)/t25-/m1/s1. The Morgan fingerprint density at radius 1 is 0.860 bits per heavy atom. The summed E-state index contributed by atoms with van der Waals surface area (Å²) in [5, 5.41) is 3.12. The van der Waals surface area contributed by atoms with Gasteiger partial charge < -0.3 is 19.7 Å². The molecule has 0 spiro atoms. The highest BCUT2D eigenvalue weighted by Crippen LogP contribution is 2.27. The van der Waals surface area contributed by atoms with Crippen LogP contribution in [0.1, 0.15) is 50.2 Å². The lowest BCUT2D eigenvalue weighted by Crippen LogP contribution is -2.53. The number of benzene rings is 3. The van der Waals surface area contributed by atoms with Gasteiger partial charge in [0.05, 0.1) is 24.8 Å². The summed E-state index contributed by atoms with van der Waals surface area (Å²) in [5.41, 5.74) is 2.08. The first-order valence-electron chi connectivity index (χ1n) is 14.6. The Morgan fingerprint density at radius 3 is 1.98 bits per heavy atom. The number of ether oxygens (including phenoxy) is 2. The third-order valence-corrected chi connectivity index (χ3v) is 9.67. The molecule has 1 N–H and O–H groups in total. The van der Waals surface area contributed by atoms with E-state index in [1.54, 1.807) is 62.6 Å². The highest BCUT2D eigenvalue weighted by Gasteiger charge is 2.33. The number of sulfonamides is 1. The van der Waals surface area contributed by atoms with Gasteiger partial charge in [0.15, 0.2) is 0 Å². The van der Waals surface area contributed by atoms with Crippen LogP contribution in [0.3, 0.4) is 0 Å². The minimum absolute atomic E-state index is 0.0199. The summed E-state index contributed by atoms with van der Waals surface area (Å²) >= 11 is 0. The summed E-state index contributed by atoms with van der Waals surface area (Å²) < 4.78 is 39.5. The van der Waals surface area contributed by atoms with E-state index >= 15 is 0 Å². The highest BCUT2D eigenvalue weighted by molar-refractivity contribution is 7.92. The van der Waals surface area contributed by atoms with Gasteiger partial charge in [-0.1, -0.05) is 49.1 Å². The van der Waals surface area contributed by atoms with Crippen LogP contribution in [-0.4, -0.2) is 58.0 Å². The lowest BCUT2D eigenvalue weighted by atomic mass is 9.95. The van der Waals surface area contributed by atoms with Gasteiger partial charge in [-0.05, 0) is 80.8 Å². The number of amides is 2. The minimum atomic E-state index is -4.16. The van der Waals surface area contributed by atoms with Crippen molar-refractivity contribution in [3.63, 3.8) is 0 Å². The molecule has 0 unspecified atom stereocenters. The molecule has 0 aromatic heterocycles. The zero-order chi connectivity index (χ0) is 31.0. The Hall–Kier alpha value is -4.05. The molecule has 0 radical (unpaired) electrons. The molecule has 9 nitrogen and oxygen atoms in total. The zero-order valence-electron chi connectivity index (χ0n) is 25.3. The molecule has 0 heterocycles. The van der Waals surface area contributed by atoms with Crippen LogP contribution in [0.25, 0.3) is 0 Å². The number of carbonyl (C=O) groups is 2. The van der Waals surface area contributed by atoms with E-state index in [0.29, 0.717) is 17.2 Å². The fraction of sp³-hybridized carbons (Fsp3) is 0.394. The summed E-state index contributed by atoms with van der Waals surface area (Å²) in [6, 6.07) is 19.5. The molecule has 1 atom stereocenters. The van der Waals surface area contributed by atoms with Crippen molar-refractivity contribution < 1.29 is 27.5 Å². The number of methoxy groups -OCH3 is 2. The zero-order valence-corrected chi connectivity index (χ0v) is 26.1. The molecule has 3 aromatic carbocycles. The highest BCUT2D eigenvalue weighted by atomic mass is 32.2. The van der Waals surface area contributed by atoms with Crippen molar-refractivity contribution in [2.75, 3.05) is 25.1 Å². The van der Waals surface area contributed by atoms with E-state index < -0.39 is 28.5 Å². The van der Waals surface area contributed by atoms with Gasteiger partial charge in [0, 0.05) is 12.6 Å². The summed E-state index contributed by atoms with van der Waals surface area (Å²) in [7, 11) is -1.08. The van der Waals surface area contributed by atoms with Crippen molar-refractivity contribution in [3.05, 3.63) is 83.9 Å². The van der Waals surface area contributed by atoms with E-state index in [2.05, 4.69) is 5.32 Å². The Bertz CT molecular complexity index is 1470. The van der Waals surface area contributed by atoms with Crippen LogP contribution in [0.2, 0.25) is 0 Å². The van der Waals surface area contributed by atoms with E-state index in [-0.39, 0.29) is 23.4 Å². The Labute approximate surface area is 254 Å². The second kappa shape index (κ2) is 14.4. The second-order valence-corrected chi connectivity index (χ2v) is 12.8. The number of rotatable bonds is 12. The van der Waals surface area contributed by atoms with Crippen molar-refractivity contribution >= 4 is 27.5 Å². The molecular formula is C33H41N3O6S. The number of anilines is 1. The van der Waals surface area contributed by atoms with Crippen LogP contribution < -0.4 is 19.1 Å². The monoisotopic (exact) mass is 607 g/mol. The van der Waals surface area contributed by atoms with Crippen LogP contribution >= 0.6 is 0 Å². The van der Waals surface area contributed by atoms with Gasteiger partial charge in [-0.25, -0.2) is 8.42 Å². The largest absolute Gasteiger partial charge is 0.497 e. The summed E-state index contributed by atoms with van der Waals surface area (Å²) in [4.78, 5) is 29.1. The minimum Gasteiger partial charge on any atom is -0.497 e. The number of nitrogens with zero attached hydrogens (tertiary/aromatic N) is 2. The number of nitrogens with one attached hydrogen (secondary N) is 1. The fourth-order valence-corrected chi connectivity index (χ4v) is 6.61. The molecule has 1 saturated carbocycles. The van der Waals surface area contributed by atoms with Crippen LogP contribution in [0.15, 0.2) is 77.7 Å². The fourth-order valence-electron chi connectivity index (χ4n) is 5.19. The van der Waals surface area contributed by atoms with Crippen LogP contribution in [0.4, 0.5) is 5.69 Å². The number of carbonyl (C=O) groups excluding carboxylic acids is 2. The first-order valence-corrected chi connectivity index (χ1v) is 16.0. The normalized spacial score (nSPS) is 14.4. The first-order chi connectivity index (χ1) is 20.6. The van der Waals surface area contributed by atoms with Gasteiger partial charge in [0.2, 0.25) is 11.8 Å². The number of aryl methyl sites for hydroxylation is 1. The molecular weight excluding hydrogens is 566 g/mol. The van der Waals surface area contributed by atoms with Crippen molar-refractivity contribution in [1.82, 2.24) is 10.2 Å². The molecule has 0 aliphatic heterocycles. The smallest absolute Gasteiger partial charge is 0.264 e. The third kappa shape index (κ3) is 8.07. The SMILES string of the molecule is COc1ccc(CN(C(=O)CN(c2ccc(C)cc2)S(=O)(=O)c2ccc(OC)cc2)[C@H](C)C(=O)NC2CCCCC2)cc1. The van der Waals surface area contributed by atoms with Gasteiger partial charge in [-0.3, -0.25) is 13.9 Å².